The number of fused-ring (bicyclic) bond motifs is 1. The number of benzene rings is 1. The van der Waals surface area contributed by atoms with Crippen molar-refractivity contribution in [1.29, 1.82) is 0 Å². The molecule has 0 saturated heterocycles. The van der Waals surface area contributed by atoms with Gasteiger partial charge in [0.05, 0.1) is 0 Å². The van der Waals surface area contributed by atoms with Gasteiger partial charge in [-0.25, -0.2) is 4.39 Å². The topological polar surface area (TPSA) is 15.8 Å². The lowest BCUT2D eigenvalue weighted by molar-refractivity contribution is 0.629. The maximum absolute atomic E-state index is 13.1. The second-order valence-electron chi connectivity index (χ2n) is 2.61. The van der Waals surface area contributed by atoms with E-state index in [1.807, 2.05) is 32.0 Å². The highest BCUT2D eigenvalue weighted by molar-refractivity contribution is 5.80. The van der Waals surface area contributed by atoms with Crippen molar-refractivity contribution >= 4 is 10.9 Å². The van der Waals surface area contributed by atoms with Crippen LogP contribution in [0.15, 0.2) is 24.3 Å². The first-order chi connectivity index (χ1) is 6.29. The lowest BCUT2D eigenvalue weighted by Gasteiger charge is -1.84. The van der Waals surface area contributed by atoms with Gasteiger partial charge in [0, 0.05) is 16.6 Å². The van der Waals surface area contributed by atoms with Crippen molar-refractivity contribution in [3.05, 3.63) is 35.8 Å². The second-order valence-corrected chi connectivity index (χ2v) is 2.61. The number of halogens is 1. The van der Waals surface area contributed by atoms with Crippen molar-refractivity contribution < 1.29 is 4.39 Å². The zero-order chi connectivity index (χ0) is 9.84. The summed E-state index contributed by atoms with van der Waals surface area (Å²) in [7, 11) is 0. The van der Waals surface area contributed by atoms with Gasteiger partial charge in [-0.15, -0.1) is 0 Å². The normalized spacial score (nSPS) is 9.54. The smallest absolute Gasteiger partial charge is 0.151 e. The first-order valence-electron chi connectivity index (χ1n) is 4.52. The number of rotatable bonds is 0. The molecule has 0 unspecified atom stereocenters. The summed E-state index contributed by atoms with van der Waals surface area (Å²) < 4.78 is 13.1. The molecule has 0 bridgehead atoms. The van der Waals surface area contributed by atoms with Crippen molar-refractivity contribution in [2.75, 3.05) is 0 Å². The van der Waals surface area contributed by atoms with Crippen molar-refractivity contribution in [2.45, 2.75) is 20.8 Å². The molecule has 1 heterocycles. The molecule has 0 aliphatic carbocycles. The fourth-order valence-electron chi connectivity index (χ4n) is 1.24. The standard InChI is InChI=1S/C9H8FN.C2H6/c1-6-9(10)7-4-2-3-5-8(7)11-6;1-2/h2-5,11H,1H3;1-2H3. The van der Waals surface area contributed by atoms with Gasteiger partial charge < -0.3 is 4.98 Å². The van der Waals surface area contributed by atoms with E-state index in [9.17, 15) is 4.39 Å². The average molecular weight is 179 g/mol. The van der Waals surface area contributed by atoms with Crippen LogP contribution in [0.25, 0.3) is 10.9 Å². The molecule has 70 valence electrons. The van der Waals surface area contributed by atoms with Crippen molar-refractivity contribution in [2.24, 2.45) is 0 Å². The summed E-state index contributed by atoms with van der Waals surface area (Å²) in [6.07, 6.45) is 0. The van der Waals surface area contributed by atoms with Gasteiger partial charge in [-0.3, -0.25) is 0 Å². The van der Waals surface area contributed by atoms with Crippen LogP contribution in [0, 0.1) is 12.7 Å². The molecular formula is C11H14FN. The Morgan fingerprint density at radius 3 is 2.38 bits per heavy atom. The monoisotopic (exact) mass is 179 g/mol. The predicted molar refractivity (Wildman–Crippen MR) is 54.3 cm³/mol. The van der Waals surface area contributed by atoms with Crippen LogP contribution in [0.4, 0.5) is 4.39 Å². The highest BCUT2D eigenvalue weighted by Crippen LogP contribution is 2.18. The Morgan fingerprint density at radius 2 is 1.77 bits per heavy atom. The predicted octanol–water partition coefficient (Wildman–Crippen LogP) is 3.64. The minimum absolute atomic E-state index is 0.138. The molecule has 0 atom stereocenters. The van der Waals surface area contributed by atoms with Crippen LogP contribution < -0.4 is 0 Å². The Balaban J connectivity index is 0.000000396. The van der Waals surface area contributed by atoms with Crippen LogP contribution in [0.2, 0.25) is 0 Å². The maximum atomic E-state index is 13.1. The van der Waals surface area contributed by atoms with Gasteiger partial charge in [0.2, 0.25) is 0 Å². The molecule has 0 radical (unpaired) electrons. The van der Waals surface area contributed by atoms with Gasteiger partial charge in [0.15, 0.2) is 5.82 Å². The zero-order valence-electron chi connectivity index (χ0n) is 8.19. The SMILES string of the molecule is CC.Cc1[nH]c2ccccc2c1F. The molecule has 13 heavy (non-hydrogen) atoms. The Labute approximate surface area is 77.6 Å². The molecule has 1 nitrogen and oxygen atoms in total. The average Bonchev–Trinajstić information content (AvgIpc) is 2.47. The molecule has 2 rings (SSSR count). The molecule has 2 heteroatoms. The molecule has 0 fully saturated rings. The fourth-order valence-corrected chi connectivity index (χ4v) is 1.24. The molecule has 0 aliphatic rings. The van der Waals surface area contributed by atoms with E-state index in [2.05, 4.69) is 4.98 Å². The van der Waals surface area contributed by atoms with Gasteiger partial charge in [0.25, 0.3) is 0 Å². The molecule has 1 N–H and O–H groups in total. The van der Waals surface area contributed by atoms with E-state index in [1.54, 1.807) is 13.0 Å². The number of hydrogen-bond acceptors (Lipinski definition) is 0. The van der Waals surface area contributed by atoms with Crippen LogP contribution in [0.3, 0.4) is 0 Å². The first-order valence-corrected chi connectivity index (χ1v) is 4.52. The van der Waals surface area contributed by atoms with Crippen LogP contribution in [0.5, 0.6) is 0 Å². The Morgan fingerprint density at radius 1 is 1.15 bits per heavy atom. The van der Waals surface area contributed by atoms with Crippen LogP contribution >= 0.6 is 0 Å². The van der Waals surface area contributed by atoms with Crippen molar-refractivity contribution in [3.63, 3.8) is 0 Å². The van der Waals surface area contributed by atoms with E-state index in [0.29, 0.717) is 11.1 Å². The second kappa shape index (κ2) is 4.08. The first kappa shape index (κ1) is 9.78. The quantitative estimate of drug-likeness (QED) is 0.635. The molecule has 0 spiro atoms. The van der Waals surface area contributed by atoms with E-state index >= 15 is 0 Å². The number of aromatic amines is 1. The summed E-state index contributed by atoms with van der Waals surface area (Å²) in [6.45, 7) is 5.73. The minimum Gasteiger partial charge on any atom is -0.356 e. The third-order valence-corrected chi connectivity index (χ3v) is 1.81. The molecule has 0 amide bonds. The number of nitrogens with one attached hydrogen (secondary N) is 1. The third-order valence-electron chi connectivity index (χ3n) is 1.81. The molecule has 0 aliphatic heterocycles. The van der Waals surface area contributed by atoms with Crippen molar-refractivity contribution in [1.82, 2.24) is 4.98 Å². The fraction of sp³-hybridized carbons (Fsp3) is 0.273. The van der Waals surface area contributed by atoms with Gasteiger partial charge >= 0.3 is 0 Å². The highest BCUT2D eigenvalue weighted by Gasteiger charge is 2.04. The summed E-state index contributed by atoms with van der Waals surface area (Å²) in [5.41, 5.74) is 1.47. The Hall–Kier alpha value is -1.31. The highest BCUT2D eigenvalue weighted by atomic mass is 19.1. The van der Waals surface area contributed by atoms with E-state index in [4.69, 9.17) is 0 Å². The van der Waals surface area contributed by atoms with E-state index in [0.717, 1.165) is 5.52 Å². The van der Waals surface area contributed by atoms with Crippen LogP contribution in [0.1, 0.15) is 19.5 Å². The number of hydrogen-bond donors (Lipinski definition) is 1. The van der Waals surface area contributed by atoms with Gasteiger partial charge in [-0.2, -0.15) is 0 Å². The van der Waals surface area contributed by atoms with E-state index in [1.165, 1.54) is 0 Å². The summed E-state index contributed by atoms with van der Waals surface area (Å²) in [4.78, 5) is 2.95. The molecular weight excluding hydrogens is 165 g/mol. The largest absolute Gasteiger partial charge is 0.356 e. The number of H-pyrrole nitrogens is 1. The summed E-state index contributed by atoms with van der Waals surface area (Å²) in [6, 6.07) is 7.36. The van der Waals surface area contributed by atoms with Crippen LogP contribution in [-0.4, -0.2) is 4.98 Å². The van der Waals surface area contributed by atoms with Gasteiger partial charge in [-0.1, -0.05) is 26.0 Å². The Bertz CT molecular complexity index is 390. The van der Waals surface area contributed by atoms with Crippen molar-refractivity contribution in [3.8, 4) is 0 Å². The lowest BCUT2D eigenvalue weighted by atomic mass is 10.2. The maximum Gasteiger partial charge on any atom is 0.151 e. The Kier molecular flexibility index (Phi) is 3.07. The molecule has 1 aromatic heterocycles. The molecule has 2 aromatic rings. The number of aromatic nitrogens is 1. The lowest BCUT2D eigenvalue weighted by Crippen LogP contribution is -1.72. The van der Waals surface area contributed by atoms with E-state index < -0.39 is 0 Å². The van der Waals surface area contributed by atoms with Gasteiger partial charge in [-0.05, 0) is 19.1 Å². The minimum atomic E-state index is -0.138. The molecule has 1 aromatic carbocycles. The van der Waals surface area contributed by atoms with Crippen LogP contribution in [-0.2, 0) is 0 Å². The molecule has 0 saturated carbocycles. The number of aryl methyl sites for hydroxylation is 1. The third kappa shape index (κ3) is 1.72. The zero-order valence-corrected chi connectivity index (χ0v) is 8.19. The summed E-state index contributed by atoms with van der Waals surface area (Å²) in [5.74, 6) is -0.138. The number of para-hydroxylation sites is 1. The van der Waals surface area contributed by atoms with E-state index in [-0.39, 0.29) is 5.82 Å². The summed E-state index contributed by atoms with van der Waals surface area (Å²) >= 11 is 0. The summed E-state index contributed by atoms with van der Waals surface area (Å²) in [5, 5.41) is 0.671. The van der Waals surface area contributed by atoms with Gasteiger partial charge in [0.1, 0.15) is 0 Å².